The van der Waals surface area contributed by atoms with Crippen LogP contribution in [0.1, 0.15) is 17.2 Å². The average molecular weight is 452 g/mol. The van der Waals surface area contributed by atoms with Crippen molar-refractivity contribution in [3.8, 4) is 0 Å². The van der Waals surface area contributed by atoms with E-state index in [1.165, 1.54) is 0 Å². The third-order valence-electron chi connectivity index (χ3n) is 6.38. The molecule has 3 aliphatic rings. The number of amides is 2. The van der Waals surface area contributed by atoms with E-state index in [9.17, 15) is 4.79 Å². The molecule has 0 radical (unpaired) electrons. The van der Waals surface area contributed by atoms with Gasteiger partial charge in [-0.2, -0.15) is 0 Å². The van der Waals surface area contributed by atoms with Gasteiger partial charge < -0.3 is 20.3 Å². The highest BCUT2D eigenvalue weighted by atomic mass is 16.5. The first kappa shape index (κ1) is 20.5. The van der Waals surface area contributed by atoms with Crippen LogP contribution in [0.15, 0.2) is 89.4 Å². The number of ether oxygens (including phenoxy) is 1. The zero-order valence-corrected chi connectivity index (χ0v) is 18.6. The van der Waals surface area contributed by atoms with Crippen LogP contribution in [0.25, 0.3) is 5.70 Å². The van der Waals surface area contributed by atoms with Gasteiger partial charge in [0.2, 0.25) is 0 Å². The number of benzene rings is 3. The van der Waals surface area contributed by atoms with Crippen LogP contribution in [-0.4, -0.2) is 38.2 Å². The van der Waals surface area contributed by atoms with Crippen LogP contribution >= 0.6 is 0 Å². The van der Waals surface area contributed by atoms with Gasteiger partial charge in [-0.1, -0.05) is 54.6 Å². The molecule has 0 unspecified atom stereocenters. The molecule has 3 aliphatic heterocycles. The first-order valence-electron chi connectivity index (χ1n) is 11.5. The number of anilines is 2. The number of rotatable bonds is 3. The summed E-state index contributed by atoms with van der Waals surface area (Å²) in [6, 6.07) is 25.8. The number of hydrogen-bond acceptors (Lipinski definition) is 5. The molecule has 2 saturated heterocycles. The molecule has 0 saturated carbocycles. The number of hydrogen-bond donors (Lipinski definition) is 3. The van der Waals surface area contributed by atoms with Gasteiger partial charge in [-0.05, 0) is 35.4 Å². The summed E-state index contributed by atoms with van der Waals surface area (Å²) in [7, 11) is 0. The molecule has 0 bridgehead atoms. The predicted molar refractivity (Wildman–Crippen MR) is 134 cm³/mol. The SMILES string of the molecule is O=C1NC2=Nc3ccccc3NC(c3ccccc3)=C2[C@@H](c2ccc(N3CCOCC3)cc2)N1. The molecule has 3 aromatic rings. The molecule has 170 valence electrons. The summed E-state index contributed by atoms with van der Waals surface area (Å²) in [6.07, 6.45) is 0. The van der Waals surface area contributed by atoms with Crippen molar-refractivity contribution < 1.29 is 9.53 Å². The van der Waals surface area contributed by atoms with Gasteiger partial charge in [-0.3, -0.25) is 5.32 Å². The molecule has 34 heavy (non-hydrogen) atoms. The zero-order valence-electron chi connectivity index (χ0n) is 18.6. The fourth-order valence-corrected chi connectivity index (χ4v) is 4.68. The van der Waals surface area contributed by atoms with Gasteiger partial charge in [-0.25, -0.2) is 9.79 Å². The van der Waals surface area contributed by atoms with E-state index in [1.54, 1.807) is 0 Å². The van der Waals surface area contributed by atoms with Crippen LogP contribution in [0.3, 0.4) is 0 Å². The smallest absolute Gasteiger partial charge is 0.321 e. The van der Waals surface area contributed by atoms with Crippen molar-refractivity contribution in [2.75, 3.05) is 36.5 Å². The topological polar surface area (TPSA) is 78.0 Å². The van der Waals surface area contributed by atoms with E-state index in [0.717, 1.165) is 65.8 Å². The van der Waals surface area contributed by atoms with E-state index in [2.05, 4.69) is 57.2 Å². The summed E-state index contributed by atoms with van der Waals surface area (Å²) in [6.45, 7) is 3.24. The summed E-state index contributed by atoms with van der Waals surface area (Å²) >= 11 is 0. The number of amidine groups is 1. The van der Waals surface area contributed by atoms with Crippen molar-refractivity contribution >= 4 is 34.6 Å². The molecule has 7 heteroatoms. The molecule has 3 N–H and O–H groups in total. The molecule has 0 spiro atoms. The van der Waals surface area contributed by atoms with Crippen molar-refractivity contribution in [3.05, 3.63) is 95.6 Å². The molecule has 2 amide bonds. The van der Waals surface area contributed by atoms with Crippen LogP contribution in [0.4, 0.5) is 21.9 Å². The number of nitrogens with one attached hydrogen (secondary N) is 3. The van der Waals surface area contributed by atoms with Gasteiger partial charge in [0, 0.05) is 24.4 Å². The van der Waals surface area contributed by atoms with Crippen LogP contribution in [0, 0.1) is 0 Å². The van der Waals surface area contributed by atoms with Gasteiger partial charge in [0.15, 0.2) is 0 Å². The number of morpholine rings is 1. The number of aliphatic imine (C=N–C) groups is 1. The lowest BCUT2D eigenvalue weighted by molar-refractivity contribution is 0.122. The normalized spacial score (nSPS) is 19.6. The summed E-state index contributed by atoms with van der Waals surface area (Å²) in [5.74, 6) is 0.558. The predicted octanol–water partition coefficient (Wildman–Crippen LogP) is 4.44. The lowest BCUT2D eigenvalue weighted by atomic mass is 9.91. The van der Waals surface area contributed by atoms with Gasteiger partial charge in [0.05, 0.1) is 36.3 Å². The molecule has 3 heterocycles. The van der Waals surface area contributed by atoms with Crippen LogP contribution < -0.4 is 20.9 Å². The minimum atomic E-state index is -0.358. The summed E-state index contributed by atoms with van der Waals surface area (Å²) in [5, 5.41) is 9.67. The van der Waals surface area contributed by atoms with Crippen LogP contribution in [0.2, 0.25) is 0 Å². The molecule has 0 aromatic heterocycles. The Morgan fingerprint density at radius 1 is 0.853 bits per heavy atom. The fourth-order valence-electron chi connectivity index (χ4n) is 4.68. The Kier molecular flexibility index (Phi) is 5.24. The highest BCUT2D eigenvalue weighted by Gasteiger charge is 2.34. The minimum Gasteiger partial charge on any atom is -0.378 e. The number of fused-ring (bicyclic) bond motifs is 2. The first-order chi connectivity index (χ1) is 16.8. The Bertz CT molecular complexity index is 1280. The van der Waals surface area contributed by atoms with Crippen molar-refractivity contribution in [1.82, 2.24) is 10.6 Å². The Morgan fingerprint density at radius 3 is 2.38 bits per heavy atom. The van der Waals surface area contributed by atoms with Gasteiger partial charge in [-0.15, -0.1) is 0 Å². The molecular formula is C27H25N5O2. The van der Waals surface area contributed by atoms with Gasteiger partial charge >= 0.3 is 6.03 Å². The lowest BCUT2D eigenvalue weighted by Gasteiger charge is -2.32. The number of urea groups is 1. The van der Waals surface area contributed by atoms with Crippen molar-refractivity contribution in [2.24, 2.45) is 4.99 Å². The summed E-state index contributed by atoms with van der Waals surface area (Å²) in [5.41, 5.74) is 6.67. The van der Waals surface area contributed by atoms with Gasteiger partial charge in [0.25, 0.3) is 0 Å². The minimum absolute atomic E-state index is 0.267. The molecule has 3 aromatic carbocycles. The first-order valence-corrected chi connectivity index (χ1v) is 11.5. The second kappa shape index (κ2) is 8.68. The fraction of sp³-hybridized carbons (Fsp3) is 0.185. The van der Waals surface area contributed by atoms with E-state index in [4.69, 9.17) is 9.73 Å². The summed E-state index contributed by atoms with van der Waals surface area (Å²) in [4.78, 5) is 19.9. The lowest BCUT2D eigenvalue weighted by Crippen LogP contribution is -2.50. The van der Waals surface area contributed by atoms with Crippen molar-refractivity contribution in [2.45, 2.75) is 6.04 Å². The van der Waals surface area contributed by atoms with E-state index < -0.39 is 0 Å². The molecule has 2 fully saturated rings. The Hall–Kier alpha value is -4.10. The average Bonchev–Trinajstić information content (AvgIpc) is 3.06. The summed E-state index contributed by atoms with van der Waals surface area (Å²) < 4.78 is 5.48. The van der Waals surface area contributed by atoms with E-state index in [0.29, 0.717) is 5.84 Å². The van der Waals surface area contributed by atoms with Crippen LogP contribution in [0.5, 0.6) is 0 Å². The van der Waals surface area contributed by atoms with Crippen LogP contribution in [-0.2, 0) is 4.74 Å². The Labute approximate surface area is 198 Å². The highest BCUT2D eigenvalue weighted by molar-refractivity contribution is 6.18. The number of para-hydroxylation sites is 2. The number of carbonyl (C=O) groups excluding carboxylic acids is 1. The third-order valence-corrected chi connectivity index (χ3v) is 6.38. The zero-order chi connectivity index (χ0) is 22.9. The second-order valence-electron chi connectivity index (χ2n) is 8.48. The van der Waals surface area contributed by atoms with Crippen molar-refractivity contribution in [3.63, 3.8) is 0 Å². The molecule has 6 rings (SSSR count). The molecule has 7 nitrogen and oxygen atoms in total. The molecule has 0 aliphatic carbocycles. The largest absolute Gasteiger partial charge is 0.378 e. The maximum atomic E-state index is 12.7. The van der Waals surface area contributed by atoms with Gasteiger partial charge in [0.1, 0.15) is 5.84 Å². The quantitative estimate of drug-likeness (QED) is 0.550. The Morgan fingerprint density at radius 2 is 1.59 bits per heavy atom. The maximum absolute atomic E-state index is 12.7. The van der Waals surface area contributed by atoms with E-state index in [-0.39, 0.29) is 12.1 Å². The number of carbonyl (C=O) groups is 1. The number of nitrogens with zero attached hydrogens (tertiary/aromatic N) is 2. The third kappa shape index (κ3) is 3.80. The molecular weight excluding hydrogens is 426 g/mol. The second-order valence-corrected chi connectivity index (χ2v) is 8.48. The monoisotopic (exact) mass is 451 g/mol. The standard InChI is InChI=1S/C27H25N5O2/c33-27-30-25(19-10-12-20(13-11-19)32-14-16-34-17-15-32)23-24(18-6-2-1-3-7-18)28-21-8-4-5-9-22(21)29-26(23)31-27/h1-13,25,28H,14-17H2,(H2,29,30,31,33)/t25-/m1/s1. The van der Waals surface area contributed by atoms with Crippen molar-refractivity contribution in [1.29, 1.82) is 0 Å². The molecule has 1 atom stereocenters. The highest BCUT2D eigenvalue weighted by Crippen LogP contribution is 2.39. The van der Waals surface area contributed by atoms with E-state index >= 15 is 0 Å². The van der Waals surface area contributed by atoms with E-state index in [1.807, 2.05) is 42.5 Å². The Balaban J connectivity index is 1.47. The maximum Gasteiger partial charge on any atom is 0.321 e.